The summed E-state index contributed by atoms with van der Waals surface area (Å²) in [5.74, 6) is 0.0909. The number of carbonyl (C=O) groups excluding carboxylic acids is 1. The largest absolute Gasteiger partial charge is 0.305 e. The molecular weight excluding hydrogens is 240 g/mol. The van der Waals surface area contributed by atoms with Gasteiger partial charge >= 0.3 is 0 Å². The second-order valence-electron chi connectivity index (χ2n) is 4.14. The van der Waals surface area contributed by atoms with E-state index in [0.29, 0.717) is 17.2 Å². The normalized spacial score (nSPS) is 9.74. The zero-order chi connectivity index (χ0) is 13.8. The zero-order valence-electron chi connectivity index (χ0n) is 10.6. The van der Waals surface area contributed by atoms with Crippen molar-refractivity contribution < 1.29 is 4.79 Å². The second kappa shape index (κ2) is 5.27. The van der Waals surface area contributed by atoms with Crippen LogP contribution in [0.2, 0.25) is 0 Å². The number of amides is 1. The lowest BCUT2D eigenvalue weighted by Gasteiger charge is -2.05. The Balaban J connectivity index is 2.23. The first-order chi connectivity index (χ1) is 9.08. The molecule has 1 N–H and O–H groups in total. The van der Waals surface area contributed by atoms with Gasteiger partial charge in [-0.2, -0.15) is 0 Å². The molecule has 19 heavy (non-hydrogen) atoms. The van der Waals surface area contributed by atoms with Crippen LogP contribution in [-0.4, -0.2) is 15.9 Å². The Bertz CT molecular complexity index is 656. The van der Waals surface area contributed by atoms with Crippen molar-refractivity contribution in [2.24, 2.45) is 0 Å². The molecule has 0 aliphatic carbocycles. The van der Waals surface area contributed by atoms with Gasteiger partial charge in [-0.05, 0) is 37.6 Å². The fourth-order valence-electron chi connectivity index (χ4n) is 1.55. The molecule has 0 aromatic carbocycles. The first-order valence-electron chi connectivity index (χ1n) is 5.68. The van der Waals surface area contributed by atoms with E-state index in [9.17, 15) is 4.79 Å². The molecule has 0 fully saturated rings. The summed E-state index contributed by atoms with van der Waals surface area (Å²) in [5, 5.41) is 2.65. The topological polar surface area (TPSA) is 59.2 Å². The van der Waals surface area contributed by atoms with E-state index in [1.807, 2.05) is 13.0 Å². The number of pyridine rings is 2. The van der Waals surface area contributed by atoms with Crippen molar-refractivity contribution in [3.8, 4) is 0 Å². The molecular formula is C14H12N4O. The number of aryl methyl sites for hydroxylation is 2. The Morgan fingerprint density at radius 2 is 2.11 bits per heavy atom. The van der Waals surface area contributed by atoms with Gasteiger partial charge in [0, 0.05) is 11.9 Å². The van der Waals surface area contributed by atoms with Gasteiger partial charge in [0.2, 0.25) is 0 Å². The maximum atomic E-state index is 12.0. The van der Waals surface area contributed by atoms with Crippen molar-refractivity contribution >= 4 is 17.4 Å². The molecule has 0 saturated heterocycles. The predicted octanol–water partition coefficient (Wildman–Crippen LogP) is 2.90. The molecule has 0 radical (unpaired) electrons. The maximum absolute atomic E-state index is 12.0. The fraction of sp³-hybridized carbons (Fsp3) is 0.143. The van der Waals surface area contributed by atoms with Crippen molar-refractivity contribution in [3.05, 3.63) is 58.8 Å². The second-order valence-corrected chi connectivity index (χ2v) is 4.14. The minimum atomic E-state index is -0.370. The summed E-state index contributed by atoms with van der Waals surface area (Å²) in [6.07, 6.45) is 1.67. The minimum Gasteiger partial charge on any atom is -0.305 e. The number of carbonyl (C=O) groups is 1. The first-order valence-corrected chi connectivity index (χ1v) is 5.68. The van der Waals surface area contributed by atoms with Gasteiger partial charge in [0.05, 0.1) is 6.57 Å². The fourth-order valence-corrected chi connectivity index (χ4v) is 1.55. The molecule has 0 unspecified atom stereocenters. The summed E-state index contributed by atoms with van der Waals surface area (Å²) in [6, 6.07) is 6.67. The Kier molecular flexibility index (Phi) is 3.53. The molecule has 5 heteroatoms. The summed E-state index contributed by atoms with van der Waals surface area (Å²) in [7, 11) is 0. The summed E-state index contributed by atoms with van der Waals surface area (Å²) in [5.41, 5.74) is 2.26. The lowest BCUT2D eigenvalue weighted by Crippen LogP contribution is -2.14. The third-order valence-electron chi connectivity index (χ3n) is 2.45. The van der Waals surface area contributed by atoms with Crippen LogP contribution in [0.5, 0.6) is 0 Å². The molecule has 0 aliphatic heterocycles. The smallest absolute Gasteiger partial charge is 0.274 e. The van der Waals surface area contributed by atoms with E-state index in [1.165, 1.54) is 6.07 Å². The molecule has 0 spiro atoms. The van der Waals surface area contributed by atoms with Crippen molar-refractivity contribution in [2.45, 2.75) is 13.8 Å². The molecule has 1 amide bonds. The Hall–Kier alpha value is -2.74. The molecule has 0 saturated carbocycles. The molecule has 2 rings (SSSR count). The van der Waals surface area contributed by atoms with Gasteiger partial charge in [0.25, 0.3) is 5.91 Å². The van der Waals surface area contributed by atoms with Crippen molar-refractivity contribution in [2.75, 3.05) is 5.32 Å². The highest BCUT2D eigenvalue weighted by Gasteiger charge is 2.10. The molecule has 2 aromatic heterocycles. The Morgan fingerprint density at radius 1 is 1.32 bits per heavy atom. The van der Waals surface area contributed by atoms with Crippen LogP contribution in [-0.2, 0) is 0 Å². The lowest BCUT2D eigenvalue weighted by molar-refractivity contribution is 0.102. The predicted molar refractivity (Wildman–Crippen MR) is 72.2 cm³/mol. The van der Waals surface area contributed by atoms with Gasteiger partial charge in [-0.1, -0.05) is 6.07 Å². The number of aromatic nitrogens is 2. The maximum Gasteiger partial charge on any atom is 0.274 e. The number of nitrogens with one attached hydrogen (secondary N) is 1. The summed E-state index contributed by atoms with van der Waals surface area (Å²) in [4.78, 5) is 23.5. The SMILES string of the molecule is [C-]#[N+]c1cc(C)nc(C(=O)Nc2ccc(C)cn2)c1. The van der Waals surface area contributed by atoms with Crippen LogP contribution in [0.4, 0.5) is 11.5 Å². The summed E-state index contributed by atoms with van der Waals surface area (Å²) < 4.78 is 0. The van der Waals surface area contributed by atoms with E-state index < -0.39 is 0 Å². The standard InChI is InChI=1S/C14H12N4O/c1-9-4-5-13(16-8-9)18-14(19)12-7-11(15-3)6-10(2)17-12/h4-8H,1-2H3,(H,16,18,19). The number of hydrogen-bond donors (Lipinski definition) is 1. The van der Waals surface area contributed by atoms with Crippen LogP contribution in [0, 0.1) is 20.4 Å². The quantitative estimate of drug-likeness (QED) is 0.836. The van der Waals surface area contributed by atoms with E-state index in [2.05, 4.69) is 20.1 Å². The molecule has 0 atom stereocenters. The highest BCUT2D eigenvalue weighted by atomic mass is 16.1. The molecule has 0 bridgehead atoms. The van der Waals surface area contributed by atoms with Gasteiger partial charge in [-0.25, -0.2) is 9.83 Å². The van der Waals surface area contributed by atoms with Crippen LogP contribution < -0.4 is 5.32 Å². The Labute approximate surface area is 111 Å². The van der Waals surface area contributed by atoms with Gasteiger partial charge in [-0.3, -0.25) is 9.78 Å². The highest BCUT2D eigenvalue weighted by Crippen LogP contribution is 2.15. The number of nitrogens with zero attached hydrogens (tertiary/aromatic N) is 3. The number of rotatable bonds is 2. The molecule has 5 nitrogen and oxygen atoms in total. The van der Waals surface area contributed by atoms with Gasteiger partial charge in [-0.15, -0.1) is 0 Å². The molecule has 0 aliphatic rings. The zero-order valence-corrected chi connectivity index (χ0v) is 10.6. The Morgan fingerprint density at radius 3 is 2.74 bits per heavy atom. The van der Waals surface area contributed by atoms with Crippen LogP contribution >= 0.6 is 0 Å². The van der Waals surface area contributed by atoms with E-state index in [4.69, 9.17) is 6.57 Å². The first kappa shape index (κ1) is 12.7. The average Bonchev–Trinajstić information content (AvgIpc) is 2.40. The van der Waals surface area contributed by atoms with Gasteiger partial charge in [0.1, 0.15) is 11.5 Å². The number of hydrogen-bond acceptors (Lipinski definition) is 3. The molecule has 2 aromatic rings. The van der Waals surface area contributed by atoms with Crippen LogP contribution in [0.15, 0.2) is 30.5 Å². The van der Waals surface area contributed by atoms with Crippen molar-refractivity contribution in [1.29, 1.82) is 0 Å². The van der Waals surface area contributed by atoms with E-state index in [0.717, 1.165) is 5.56 Å². The molecule has 94 valence electrons. The van der Waals surface area contributed by atoms with E-state index in [1.54, 1.807) is 25.3 Å². The minimum absolute atomic E-state index is 0.216. The van der Waals surface area contributed by atoms with Gasteiger partial charge in [0.15, 0.2) is 5.69 Å². The van der Waals surface area contributed by atoms with Crippen LogP contribution in [0.3, 0.4) is 0 Å². The third kappa shape index (κ3) is 3.13. The van der Waals surface area contributed by atoms with Crippen LogP contribution in [0.1, 0.15) is 21.7 Å². The average molecular weight is 252 g/mol. The van der Waals surface area contributed by atoms with Crippen LogP contribution in [0.25, 0.3) is 4.85 Å². The third-order valence-corrected chi connectivity index (χ3v) is 2.45. The van der Waals surface area contributed by atoms with Crippen molar-refractivity contribution in [3.63, 3.8) is 0 Å². The molecule has 2 heterocycles. The monoisotopic (exact) mass is 252 g/mol. The van der Waals surface area contributed by atoms with Gasteiger partial charge < -0.3 is 5.32 Å². The summed E-state index contributed by atoms with van der Waals surface area (Å²) in [6.45, 7) is 10.6. The van der Waals surface area contributed by atoms with E-state index >= 15 is 0 Å². The summed E-state index contributed by atoms with van der Waals surface area (Å²) >= 11 is 0. The van der Waals surface area contributed by atoms with Crippen molar-refractivity contribution in [1.82, 2.24) is 9.97 Å². The number of anilines is 1. The van der Waals surface area contributed by atoms with E-state index in [-0.39, 0.29) is 11.6 Å². The highest BCUT2D eigenvalue weighted by molar-refractivity contribution is 6.02. The lowest BCUT2D eigenvalue weighted by atomic mass is 10.2.